The van der Waals surface area contributed by atoms with Gasteiger partial charge in [0.25, 0.3) is 0 Å². The molecule has 6 rings (SSSR count). The van der Waals surface area contributed by atoms with Gasteiger partial charge in [0, 0.05) is 20.6 Å². The Balaban J connectivity index is 0.000000136. The van der Waals surface area contributed by atoms with Crippen LogP contribution in [-0.4, -0.2) is 25.4 Å². The van der Waals surface area contributed by atoms with Gasteiger partial charge in [0.05, 0.1) is 11.2 Å². The van der Waals surface area contributed by atoms with E-state index >= 15 is 0 Å². The summed E-state index contributed by atoms with van der Waals surface area (Å²) in [6, 6.07) is 20.5. The molecule has 0 radical (unpaired) electrons. The average molecular weight is 381 g/mol. The van der Waals surface area contributed by atoms with Crippen molar-refractivity contribution in [3.05, 3.63) is 71.8 Å². The molecule has 4 aliphatic carbocycles. The summed E-state index contributed by atoms with van der Waals surface area (Å²) in [5, 5.41) is 0. The molecule has 0 amide bonds. The Morgan fingerprint density at radius 3 is 1.25 bits per heavy atom. The predicted molar refractivity (Wildman–Crippen MR) is 117 cm³/mol. The number of benzene rings is 2. The van der Waals surface area contributed by atoms with Crippen LogP contribution in [-0.2, 0) is 9.47 Å². The number of methoxy groups -OCH3 is 2. The number of rotatable bonds is 2. The molecular formula is C26H36O2. The highest BCUT2D eigenvalue weighted by atomic mass is 16.5. The van der Waals surface area contributed by atoms with Gasteiger partial charge in [0.15, 0.2) is 0 Å². The second-order valence-electron chi connectivity index (χ2n) is 9.04. The summed E-state index contributed by atoms with van der Waals surface area (Å²) < 4.78 is 11.6. The molecule has 0 atom stereocenters. The molecule has 0 aromatic heterocycles. The summed E-state index contributed by atoms with van der Waals surface area (Å²) in [5.41, 5.74) is 3.00. The second kappa shape index (κ2) is 9.24. The summed E-state index contributed by atoms with van der Waals surface area (Å²) in [6.45, 7) is 4.17. The molecule has 0 N–H and O–H groups in total. The van der Waals surface area contributed by atoms with Crippen LogP contribution in [0.15, 0.2) is 60.7 Å². The van der Waals surface area contributed by atoms with Gasteiger partial charge >= 0.3 is 0 Å². The molecule has 152 valence electrons. The van der Waals surface area contributed by atoms with Gasteiger partial charge in [-0.2, -0.15) is 0 Å². The minimum Gasteiger partial charge on any atom is -0.378 e. The summed E-state index contributed by atoms with van der Waals surface area (Å²) in [7, 11) is 3.77. The van der Waals surface area contributed by atoms with Gasteiger partial charge in [-0.05, 0) is 57.8 Å². The maximum Gasteiger partial charge on any atom is 0.0711 e. The van der Waals surface area contributed by atoms with Gasteiger partial charge in [0.2, 0.25) is 0 Å². The number of hydrogen-bond donors (Lipinski definition) is 0. The first kappa shape index (κ1) is 21.1. The first-order valence-electron chi connectivity index (χ1n) is 10.6. The fraction of sp³-hybridized carbons (Fsp3) is 0.538. The van der Waals surface area contributed by atoms with Crippen LogP contribution in [0.25, 0.3) is 0 Å². The van der Waals surface area contributed by atoms with Gasteiger partial charge in [-0.15, -0.1) is 0 Å². The SMILES string of the molecule is COC12CC3CC(C1)CC(OC)(C3)C2.Cc1ccccc1.Cc1ccccc1. The van der Waals surface area contributed by atoms with Crippen LogP contribution in [0.5, 0.6) is 0 Å². The highest BCUT2D eigenvalue weighted by Gasteiger charge is 2.58. The Hall–Kier alpha value is -1.64. The molecule has 4 saturated carbocycles. The van der Waals surface area contributed by atoms with E-state index in [9.17, 15) is 0 Å². The van der Waals surface area contributed by atoms with Crippen molar-refractivity contribution in [2.45, 2.75) is 63.6 Å². The Morgan fingerprint density at radius 1 is 0.643 bits per heavy atom. The Labute approximate surface area is 171 Å². The number of hydrogen-bond acceptors (Lipinski definition) is 2. The molecule has 2 aromatic rings. The van der Waals surface area contributed by atoms with Gasteiger partial charge < -0.3 is 9.47 Å². The lowest BCUT2D eigenvalue weighted by molar-refractivity contribution is -0.220. The van der Waals surface area contributed by atoms with E-state index in [0.29, 0.717) is 0 Å². The molecule has 0 aliphatic heterocycles. The summed E-state index contributed by atoms with van der Waals surface area (Å²) in [6.07, 6.45) is 7.70. The zero-order chi connectivity index (χ0) is 20.0. The van der Waals surface area contributed by atoms with Gasteiger partial charge in [0.1, 0.15) is 0 Å². The van der Waals surface area contributed by atoms with Crippen molar-refractivity contribution in [1.82, 2.24) is 0 Å². The molecule has 0 unspecified atom stereocenters. The zero-order valence-electron chi connectivity index (χ0n) is 18.0. The van der Waals surface area contributed by atoms with Crippen molar-refractivity contribution < 1.29 is 9.47 Å². The number of aryl methyl sites for hydroxylation is 2. The lowest BCUT2D eigenvalue weighted by atomic mass is 9.52. The topological polar surface area (TPSA) is 18.5 Å². The van der Waals surface area contributed by atoms with E-state index < -0.39 is 0 Å². The predicted octanol–water partition coefficient (Wildman–Crippen LogP) is 6.36. The highest BCUT2D eigenvalue weighted by molar-refractivity contribution is 5.12. The van der Waals surface area contributed by atoms with Crippen molar-refractivity contribution in [2.75, 3.05) is 14.2 Å². The average Bonchev–Trinajstić information content (AvgIpc) is 2.69. The standard InChI is InChI=1S/C12H20O2.2C7H8/c1-13-11-4-9-3-10(5-11)7-12(6-9,8-11)14-2;2*1-7-5-3-2-4-6-7/h9-10H,3-8H2,1-2H3;2*2-6H,1H3. The molecule has 4 fully saturated rings. The molecule has 2 heteroatoms. The minimum absolute atomic E-state index is 0.181. The third-order valence-electron chi connectivity index (χ3n) is 6.70. The molecule has 0 saturated heterocycles. The molecule has 2 aromatic carbocycles. The van der Waals surface area contributed by atoms with Gasteiger partial charge in [-0.25, -0.2) is 0 Å². The van der Waals surface area contributed by atoms with Crippen LogP contribution in [0.3, 0.4) is 0 Å². The van der Waals surface area contributed by atoms with Crippen molar-refractivity contribution in [1.29, 1.82) is 0 Å². The molecule has 4 aliphatic rings. The smallest absolute Gasteiger partial charge is 0.0711 e. The number of ether oxygens (including phenoxy) is 2. The largest absolute Gasteiger partial charge is 0.378 e. The van der Waals surface area contributed by atoms with E-state index in [1.165, 1.54) is 43.2 Å². The van der Waals surface area contributed by atoms with E-state index in [1.54, 1.807) is 0 Å². The molecule has 28 heavy (non-hydrogen) atoms. The van der Waals surface area contributed by atoms with Crippen molar-refractivity contribution in [3.8, 4) is 0 Å². The molecule has 2 nitrogen and oxygen atoms in total. The van der Waals surface area contributed by atoms with E-state index in [1.807, 2.05) is 50.6 Å². The van der Waals surface area contributed by atoms with Crippen LogP contribution in [0.2, 0.25) is 0 Å². The quantitative estimate of drug-likeness (QED) is 0.603. The third-order valence-corrected chi connectivity index (χ3v) is 6.70. The maximum absolute atomic E-state index is 5.80. The van der Waals surface area contributed by atoms with Crippen LogP contribution in [0.1, 0.15) is 49.7 Å². The van der Waals surface area contributed by atoms with Crippen molar-refractivity contribution in [3.63, 3.8) is 0 Å². The van der Waals surface area contributed by atoms with Crippen molar-refractivity contribution >= 4 is 0 Å². The van der Waals surface area contributed by atoms with Gasteiger partial charge in [-0.1, -0.05) is 71.8 Å². The van der Waals surface area contributed by atoms with Crippen LogP contribution >= 0.6 is 0 Å². The van der Waals surface area contributed by atoms with E-state index in [4.69, 9.17) is 9.47 Å². The molecule has 0 heterocycles. The Bertz CT molecular complexity index is 636. The normalized spacial score (nSPS) is 32.0. The maximum atomic E-state index is 5.80. The van der Waals surface area contributed by atoms with Crippen LogP contribution in [0, 0.1) is 25.7 Å². The lowest BCUT2D eigenvalue weighted by Gasteiger charge is -2.60. The van der Waals surface area contributed by atoms with Crippen LogP contribution < -0.4 is 0 Å². The summed E-state index contributed by atoms with van der Waals surface area (Å²) in [4.78, 5) is 0. The molecule has 0 spiro atoms. The van der Waals surface area contributed by atoms with Crippen molar-refractivity contribution in [2.24, 2.45) is 11.8 Å². The van der Waals surface area contributed by atoms with E-state index in [0.717, 1.165) is 18.3 Å². The van der Waals surface area contributed by atoms with E-state index in [-0.39, 0.29) is 11.2 Å². The molecular weight excluding hydrogens is 344 g/mol. The fourth-order valence-electron chi connectivity index (χ4n) is 5.64. The first-order valence-corrected chi connectivity index (χ1v) is 10.6. The lowest BCUT2D eigenvalue weighted by Crippen LogP contribution is -2.60. The van der Waals surface area contributed by atoms with Gasteiger partial charge in [-0.3, -0.25) is 0 Å². The fourth-order valence-corrected chi connectivity index (χ4v) is 5.64. The molecule has 4 bridgehead atoms. The Morgan fingerprint density at radius 2 is 1.00 bits per heavy atom. The van der Waals surface area contributed by atoms with Crippen LogP contribution in [0.4, 0.5) is 0 Å². The third kappa shape index (κ3) is 5.24. The first-order chi connectivity index (χ1) is 13.5. The monoisotopic (exact) mass is 380 g/mol. The second-order valence-corrected chi connectivity index (χ2v) is 9.04. The summed E-state index contributed by atoms with van der Waals surface area (Å²) in [5.74, 6) is 1.74. The minimum atomic E-state index is 0.181. The zero-order valence-corrected chi connectivity index (χ0v) is 18.0. The van der Waals surface area contributed by atoms with E-state index in [2.05, 4.69) is 38.1 Å². The highest BCUT2D eigenvalue weighted by Crippen LogP contribution is 2.59. The Kier molecular flexibility index (Phi) is 6.95. The summed E-state index contributed by atoms with van der Waals surface area (Å²) >= 11 is 0.